The second-order valence-corrected chi connectivity index (χ2v) is 8.48. The molecule has 0 atom stereocenters. The summed E-state index contributed by atoms with van der Waals surface area (Å²) in [6.07, 6.45) is 0. The third-order valence-corrected chi connectivity index (χ3v) is 6.21. The molecule has 4 nitrogen and oxygen atoms in total. The van der Waals surface area contributed by atoms with Crippen LogP contribution >= 0.6 is 11.6 Å². The minimum atomic E-state index is -3.45. The topological polar surface area (TPSA) is 40.6 Å². The summed E-state index contributed by atoms with van der Waals surface area (Å²) in [5, 5.41) is 0. The van der Waals surface area contributed by atoms with E-state index in [1.54, 1.807) is 22.5 Å². The molecule has 2 rings (SSSR count). The first-order chi connectivity index (χ1) is 9.76. The van der Waals surface area contributed by atoms with Crippen LogP contribution in [0.1, 0.15) is 26.3 Å². The highest BCUT2D eigenvalue weighted by Gasteiger charge is 2.32. The molecule has 0 aromatic heterocycles. The van der Waals surface area contributed by atoms with Gasteiger partial charge in [0, 0.05) is 37.6 Å². The Morgan fingerprint density at radius 2 is 1.67 bits per heavy atom. The van der Waals surface area contributed by atoms with E-state index in [1.807, 2.05) is 6.07 Å². The average molecular weight is 331 g/mol. The van der Waals surface area contributed by atoms with Gasteiger partial charge in [-0.15, -0.1) is 11.6 Å². The lowest BCUT2D eigenvalue weighted by Crippen LogP contribution is -2.54. The molecule has 1 aliphatic rings. The number of sulfonamides is 1. The quantitative estimate of drug-likeness (QED) is 0.800. The first kappa shape index (κ1) is 16.7. The van der Waals surface area contributed by atoms with Gasteiger partial charge in [-0.1, -0.05) is 18.2 Å². The number of alkyl halides is 1. The van der Waals surface area contributed by atoms with E-state index in [4.69, 9.17) is 11.6 Å². The number of nitrogens with zero attached hydrogens (tertiary/aromatic N) is 2. The van der Waals surface area contributed by atoms with Crippen LogP contribution < -0.4 is 0 Å². The minimum absolute atomic E-state index is 0.0733. The molecule has 1 heterocycles. The van der Waals surface area contributed by atoms with Crippen LogP contribution in [0.15, 0.2) is 29.2 Å². The van der Waals surface area contributed by atoms with Gasteiger partial charge in [0.25, 0.3) is 0 Å². The van der Waals surface area contributed by atoms with Crippen molar-refractivity contribution in [3.05, 3.63) is 29.8 Å². The van der Waals surface area contributed by atoms with Gasteiger partial charge in [0.15, 0.2) is 0 Å². The fourth-order valence-corrected chi connectivity index (χ4v) is 4.56. The zero-order valence-corrected chi connectivity index (χ0v) is 14.4. The standard InChI is InChI=1S/C15H23ClN2O2S/c1-15(2,3)17-8-10-18(11-9-17)21(19,20)14-7-5-4-6-13(14)12-16/h4-7H,8-12H2,1-3H3. The molecule has 1 aliphatic heterocycles. The molecular weight excluding hydrogens is 308 g/mol. The van der Waals surface area contributed by atoms with E-state index in [9.17, 15) is 8.42 Å². The monoisotopic (exact) mass is 330 g/mol. The Morgan fingerprint density at radius 1 is 1.10 bits per heavy atom. The van der Waals surface area contributed by atoms with Gasteiger partial charge in [0.2, 0.25) is 10.0 Å². The average Bonchev–Trinajstić information content (AvgIpc) is 2.46. The van der Waals surface area contributed by atoms with Gasteiger partial charge < -0.3 is 0 Å². The van der Waals surface area contributed by atoms with Crippen LogP contribution in [0.25, 0.3) is 0 Å². The zero-order valence-electron chi connectivity index (χ0n) is 12.8. The second kappa shape index (κ2) is 6.24. The Kier molecular flexibility index (Phi) is 4.98. The first-order valence-electron chi connectivity index (χ1n) is 7.16. The molecule has 1 fully saturated rings. The maximum atomic E-state index is 12.8. The molecule has 0 spiro atoms. The van der Waals surface area contributed by atoms with Crippen LogP contribution in [0.3, 0.4) is 0 Å². The van der Waals surface area contributed by atoms with E-state index in [-0.39, 0.29) is 11.4 Å². The van der Waals surface area contributed by atoms with Gasteiger partial charge in [-0.05, 0) is 32.4 Å². The van der Waals surface area contributed by atoms with E-state index in [1.165, 1.54) is 0 Å². The van der Waals surface area contributed by atoms with Crippen LogP contribution in [0.4, 0.5) is 0 Å². The van der Waals surface area contributed by atoms with Gasteiger partial charge >= 0.3 is 0 Å². The summed E-state index contributed by atoms with van der Waals surface area (Å²) in [6.45, 7) is 9.02. The predicted octanol–water partition coefficient (Wildman–Crippen LogP) is 2.53. The van der Waals surface area contributed by atoms with Crippen LogP contribution in [-0.2, 0) is 15.9 Å². The van der Waals surface area contributed by atoms with Crippen molar-refractivity contribution < 1.29 is 8.42 Å². The maximum Gasteiger partial charge on any atom is 0.243 e. The van der Waals surface area contributed by atoms with Crippen molar-refractivity contribution >= 4 is 21.6 Å². The van der Waals surface area contributed by atoms with Gasteiger partial charge in [0.1, 0.15) is 0 Å². The molecule has 1 aromatic carbocycles. The lowest BCUT2D eigenvalue weighted by atomic mass is 10.1. The molecule has 0 amide bonds. The third-order valence-electron chi connectivity index (χ3n) is 3.92. The summed E-state index contributed by atoms with van der Waals surface area (Å²) < 4.78 is 27.1. The number of halogens is 1. The first-order valence-corrected chi connectivity index (χ1v) is 9.13. The van der Waals surface area contributed by atoms with Crippen molar-refractivity contribution in [3.8, 4) is 0 Å². The van der Waals surface area contributed by atoms with Crippen molar-refractivity contribution in [1.82, 2.24) is 9.21 Å². The molecule has 0 bridgehead atoms. The van der Waals surface area contributed by atoms with Crippen LogP contribution in [0, 0.1) is 0 Å². The van der Waals surface area contributed by atoms with E-state index in [0.29, 0.717) is 23.5 Å². The number of hydrogen-bond acceptors (Lipinski definition) is 3. The Bertz CT molecular complexity index is 588. The highest BCUT2D eigenvalue weighted by molar-refractivity contribution is 7.89. The number of benzene rings is 1. The SMILES string of the molecule is CC(C)(C)N1CCN(S(=O)(=O)c2ccccc2CCl)CC1. The molecule has 118 valence electrons. The molecule has 0 aliphatic carbocycles. The van der Waals surface area contributed by atoms with Crippen molar-refractivity contribution in [1.29, 1.82) is 0 Å². The van der Waals surface area contributed by atoms with E-state index in [0.717, 1.165) is 13.1 Å². The Hall–Kier alpha value is -0.620. The predicted molar refractivity (Wildman–Crippen MR) is 86.1 cm³/mol. The Balaban J connectivity index is 2.19. The molecule has 1 saturated heterocycles. The molecule has 21 heavy (non-hydrogen) atoms. The minimum Gasteiger partial charge on any atom is -0.296 e. The van der Waals surface area contributed by atoms with Gasteiger partial charge in [-0.2, -0.15) is 4.31 Å². The zero-order chi connectivity index (χ0) is 15.7. The summed E-state index contributed by atoms with van der Waals surface area (Å²) >= 11 is 5.87. The number of hydrogen-bond donors (Lipinski definition) is 0. The second-order valence-electron chi connectivity index (χ2n) is 6.30. The fraction of sp³-hybridized carbons (Fsp3) is 0.600. The molecule has 1 aromatic rings. The van der Waals surface area contributed by atoms with Crippen LogP contribution in [0.2, 0.25) is 0 Å². The molecule has 0 N–H and O–H groups in total. The number of piperazine rings is 1. The molecule has 6 heteroatoms. The van der Waals surface area contributed by atoms with Gasteiger partial charge in [-0.25, -0.2) is 8.42 Å². The van der Waals surface area contributed by atoms with Crippen molar-refractivity contribution in [2.45, 2.75) is 37.1 Å². The molecule has 0 unspecified atom stereocenters. The highest BCUT2D eigenvalue weighted by atomic mass is 35.5. The van der Waals surface area contributed by atoms with Crippen molar-refractivity contribution in [2.75, 3.05) is 26.2 Å². The summed E-state index contributed by atoms with van der Waals surface area (Å²) in [7, 11) is -3.45. The Morgan fingerprint density at radius 3 is 2.19 bits per heavy atom. The molecule has 0 radical (unpaired) electrons. The van der Waals surface area contributed by atoms with Crippen molar-refractivity contribution in [2.24, 2.45) is 0 Å². The van der Waals surface area contributed by atoms with E-state index < -0.39 is 10.0 Å². The van der Waals surface area contributed by atoms with Crippen molar-refractivity contribution in [3.63, 3.8) is 0 Å². The highest BCUT2D eigenvalue weighted by Crippen LogP contribution is 2.24. The molecule has 0 saturated carbocycles. The normalized spacial score (nSPS) is 18.9. The smallest absolute Gasteiger partial charge is 0.243 e. The third kappa shape index (κ3) is 3.59. The largest absolute Gasteiger partial charge is 0.296 e. The molecular formula is C15H23ClN2O2S. The van der Waals surface area contributed by atoms with Gasteiger partial charge in [0.05, 0.1) is 4.90 Å². The van der Waals surface area contributed by atoms with Crippen LogP contribution in [-0.4, -0.2) is 49.3 Å². The van der Waals surface area contributed by atoms with E-state index in [2.05, 4.69) is 25.7 Å². The Labute approximate surface area is 132 Å². The fourth-order valence-electron chi connectivity index (χ4n) is 2.60. The summed E-state index contributed by atoms with van der Waals surface area (Å²) in [5.74, 6) is 0.206. The summed E-state index contributed by atoms with van der Waals surface area (Å²) in [4.78, 5) is 2.65. The van der Waals surface area contributed by atoms with Crippen LogP contribution in [0.5, 0.6) is 0 Å². The van der Waals surface area contributed by atoms with E-state index >= 15 is 0 Å². The summed E-state index contributed by atoms with van der Waals surface area (Å²) in [6, 6.07) is 6.97. The lowest BCUT2D eigenvalue weighted by molar-refractivity contribution is 0.0921. The number of rotatable bonds is 3. The summed E-state index contributed by atoms with van der Waals surface area (Å²) in [5.41, 5.74) is 0.738. The van der Waals surface area contributed by atoms with Gasteiger partial charge in [-0.3, -0.25) is 4.90 Å². The maximum absolute atomic E-state index is 12.8. The lowest BCUT2D eigenvalue weighted by Gasteiger charge is -2.41.